The van der Waals surface area contributed by atoms with Gasteiger partial charge in [-0.3, -0.25) is 14.9 Å². The fraction of sp³-hybridized carbons (Fsp3) is 0.125. The molecule has 0 atom stereocenters. The second-order valence-corrected chi connectivity index (χ2v) is 6.96. The van der Waals surface area contributed by atoms with Crippen LogP contribution in [0.4, 0.5) is 5.69 Å². The number of benzene rings is 3. The molecule has 4 aromatic rings. The van der Waals surface area contributed by atoms with E-state index in [2.05, 4.69) is 16.7 Å². The van der Waals surface area contributed by atoms with Crippen molar-refractivity contribution in [3.8, 4) is 11.3 Å². The van der Waals surface area contributed by atoms with E-state index in [0.717, 1.165) is 29.6 Å². The Bertz CT molecular complexity index is 1220. The Morgan fingerprint density at radius 1 is 0.862 bits per heavy atom. The van der Waals surface area contributed by atoms with E-state index >= 15 is 0 Å². The Labute approximate surface area is 168 Å². The highest BCUT2D eigenvalue weighted by molar-refractivity contribution is 5.84. The van der Waals surface area contributed by atoms with E-state index in [4.69, 9.17) is 0 Å². The number of hydrogen-bond donors (Lipinski definition) is 0. The van der Waals surface area contributed by atoms with Crippen molar-refractivity contribution in [1.82, 2.24) is 4.57 Å². The quantitative estimate of drug-likeness (QED) is 0.339. The Morgan fingerprint density at radius 2 is 1.55 bits per heavy atom. The van der Waals surface area contributed by atoms with Gasteiger partial charge in [-0.15, -0.1) is 0 Å². The molecule has 29 heavy (non-hydrogen) atoms. The number of nitro groups is 1. The van der Waals surface area contributed by atoms with Crippen LogP contribution >= 0.6 is 0 Å². The molecule has 5 nitrogen and oxygen atoms in total. The topological polar surface area (TPSA) is 65.1 Å². The number of hydrogen-bond acceptors (Lipinski definition) is 3. The molecule has 5 heteroatoms. The first-order valence-corrected chi connectivity index (χ1v) is 9.55. The Hall–Kier alpha value is -3.73. The SMILES string of the molecule is O=c1cc(-c2ccccc2)n(CCCc2ccccc2)c2ccc([N+](=O)[O-])cc12. The van der Waals surface area contributed by atoms with E-state index < -0.39 is 4.92 Å². The van der Waals surface area contributed by atoms with Crippen LogP contribution in [0.2, 0.25) is 0 Å². The van der Waals surface area contributed by atoms with Gasteiger partial charge < -0.3 is 4.57 Å². The van der Waals surface area contributed by atoms with Gasteiger partial charge in [-0.2, -0.15) is 0 Å². The Balaban J connectivity index is 1.80. The third-order valence-electron chi connectivity index (χ3n) is 5.07. The molecule has 0 unspecified atom stereocenters. The summed E-state index contributed by atoms with van der Waals surface area (Å²) in [6, 6.07) is 26.1. The summed E-state index contributed by atoms with van der Waals surface area (Å²) in [7, 11) is 0. The highest BCUT2D eigenvalue weighted by atomic mass is 16.6. The molecule has 0 N–H and O–H groups in total. The molecule has 0 amide bonds. The first-order chi connectivity index (χ1) is 14.1. The van der Waals surface area contributed by atoms with Gasteiger partial charge in [0.05, 0.1) is 21.5 Å². The molecule has 0 aliphatic heterocycles. The van der Waals surface area contributed by atoms with Crippen LogP contribution in [0.5, 0.6) is 0 Å². The monoisotopic (exact) mass is 384 g/mol. The van der Waals surface area contributed by atoms with Crippen molar-refractivity contribution in [1.29, 1.82) is 0 Å². The average molecular weight is 384 g/mol. The fourth-order valence-corrected chi connectivity index (χ4v) is 3.65. The van der Waals surface area contributed by atoms with E-state index in [1.165, 1.54) is 17.7 Å². The lowest BCUT2D eigenvalue weighted by Crippen LogP contribution is -2.13. The molecule has 4 rings (SSSR count). The lowest BCUT2D eigenvalue weighted by molar-refractivity contribution is -0.384. The van der Waals surface area contributed by atoms with Gasteiger partial charge >= 0.3 is 0 Å². The van der Waals surface area contributed by atoms with Crippen LogP contribution in [0.25, 0.3) is 22.2 Å². The summed E-state index contributed by atoms with van der Waals surface area (Å²) in [5.41, 5.74) is 3.47. The number of fused-ring (bicyclic) bond motifs is 1. The zero-order valence-electron chi connectivity index (χ0n) is 15.8. The molecule has 0 aliphatic carbocycles. The van der Waals surface area contributed by atoms with Gasteiger partial charge in [0.15, 0.2) is 5.43 Å². The second-order valence-electron chi connectivity index (χ2n) is 6.96. The second kappa shape index (κ2) is 8.10. The van der Waals surface area contributed by atoms with Gasteiger partial charge in [-0.25, -0.2) is 0 Å². The molecule has 1 heterocycles. The summed E-state index contributed by atoms with van der Waals surface area (Å²) in [6.45, 7) is 0.702. The van der Waals surface area contributed by atoms with Crippen molar-refractivity contribution in [3.05, 3.63) is 111 Å². The normalized spacial score (nSPS) is 10.9. The first-order valence-electron chi connectivity index (χ1n) is 9.55. The maximum Gasteiger partial charge on any atom is 0.270 e. The van der Waals surface area contributed by atoms with Gasteiger partial charge in [-0.1, -0.05) is 60.7 Å². The van der Waals surface area contributed by atoms with Crippen molar-refractivity contribution >= 4 is 16.6 Å². The van der Waals surface area contributed by atoms with Crippen LogP contribution in [0.3, 0.4) is 0 Å². The van der Waals surface area contributed by atoms with Gasteiger partial charge in [0.25, 0.3) is 5.69 Å². The van der Waals surface area contributed by atoms with E-state index in [-0.39, 0.29) is 11.1 Å². The standard InChI is InChI=1S/C24H20N2O3/c27-24-17-23(19-11-5-2-6-12-19)25(15-7-10-18-8-3-1-4-9-18)22-14-13-20(26(28)29)16-21(22)24/h1-6,8-9,11-14,16-17H,7,10,15H2. The number of nitro benzene ring substituents is 1. The summed E-state index contributed by atoms with van der Waals surface area (Å²) in [6.07, 6.45) is 1.80. The molecule has 0 saturated heterocycles. The van der Waals surface area contributed by atoms with Gasteiger partial charge in [0, 0.05) is 24.7 Å². The van der Waals surface area contributed by atoms with Gasteiger partial charge in [0.2, 0.25) is 0 Å². The number of aromatic nitrogens is 1. The van der Waals surface area contributed by atoms with Crippen LogP contribution in [0, 0.1) is 10.1 Å². The molecule has 3 aromatic carbocycles. The lowest BCUT2D eigenvalue weighted by Gasteiger charge is -2.17. The molecule has 0 aliphatic rings. The zero-order valence-corrected chi connectivity index (χ0v) is 15.8. The van der Waals surface area contributed by atoms with Gasteiger partial charge in [-0.05, 0) is 30.0 Å². The van der Waals surface area contributed by atoms with Crippen molar-refractivity contribution < 1.29 is 4.92 Å². The van der Waals surface area contributed by atoms with Crippen molar-refractivity contribution in [2.24, 2.45) is 0 Å². The van der Waals surface area contributed by atoms with E-state index in [0.29, 0.717) is 11.9 Å². The predicted molar refractivity (Wildman–Crippen MR) is 115 cm³/mol. The van der Waals surface area contributed by atoms with Crippen LogP contribution in [-0.2, 0) is 13.0 Å². The number of rotatable bonds is 6. The molecule has 0 spiro atoms. The third-order valence-corrected chi connectivity index (χ3v) is 5.07. The minimum atomic E-state index is -0.469. The fourth-order valence-electron chi connectivity index (χ4n) is 3.65. The minimum Gasteiger partial charge on any atom is -0.340 e. The predicted octanol–water partition coefficient (Wildman–Crippen LogP) is 5.21. The summed E-state index contributed by atoms with van der Waals surface area (Å²) in [5.74, 6) is 0. The minimum absolute atomic E-state index is 0.0714. The van der Waals surface area contributed by atoms with E-state index in [1.807, 2.05) is 48.5 Å². The van der Waals surface area contributed by atoms with E-state index in [9.17, 15) is 14.9 Å². The summed E-state index contributed by atoms with van der Waals surface area (Å²) in [5, 5.41) is 11.5. The Morgan fingerprint density at radius 3 is 2.24 bits per heavy atom. The molecule has 0 saturated carbocycles. The first kappa shape index (κ1) is 18.6. The van der Waals surface area contributed by atoms with Crippen LogP contribution in [-0.4, -0.2) is 9.49 Å². The molecule has 144 valence electrons. The van der Waals surface area contributed by atoms with E-state index in [1.54, 1.807) is 12.1 Å². The third kappa shape index (κ3) is 3.94. The van der Waals surface area contributed by atoms with Crippen molar-refractivity contribution in [3.63, 3.8) is 0 Å². The smallest absolute Gasteiger partial charge is 0.270 e. The highest BCUT2D eigenvalue weighted by Crippen LogP contribution is 2.25. The average Bonchev–Trinajstić information content (AvgIpc) is 2.76. The number of pyridine rings is 1. The number of non-ortho nitro benzene ring substituents is 1. The largest absolute Gasteiger partial charge is 0.340 e. The molecular formula is C24H20N2O3. The molecule has 0 fully saturated rings. The maximum absolute atomic E-state index is 12.8. The summed E-state index contributed by atoms with van der Waals surface area (Å²) in [4.78, 5) is 23.4. The number of aryl methyl sites for hydroxylation is 2. The maximum atomic E-state index is 12.8. The number of nitrogens with zero attached hydrogens (tertiary/aromatic N) is 2. The molecule has 1 aromatic heterocycles. The van der Waals surface area contributed by atoms with Crippen LogP contribution < -0.4 is 5.43 Å². The van der Waals surface area contributed by atoms with Crippen molar-refractivity contribution in [2.45, 2.75) is 19.4 Å². The summed E-state index contributed by atoms with van der Waals surface area (Å²) < 4.78 is 2.10. The zero-order chi connectivity index (χ0) is 20.2. The van der Waals surface area contributed by atoms with Crippen LogP contribution in [0.15, 0.2) is 89.7 Å². The van der Waals surface area contributed by atoms with Crippen molar-refractivity contribution in [2.75, 3.05) is 0 Å². The van der Waals surface area contributed by atoms with Gasteiger partial charge in [0.1, 0.15) is 0 Å². The lowest BCUT2D eigenvalue weighted by atomic mass is 10.1. The van der Waals surface area contributed by atoms with Crippen LogP contribution in [0.1, 0.15) is 12.0 Å². The summed E-state index contributed by atoms with van der Waals surface area (Å²) >= 11 is 0. The molecular weight excluding hydrogens is 364 g/mol. The Kier molecular flexibility index (Phi) is 5.20. The highest BCUT2D eigenvalue weighted by Gasteiger charge is 2.14. The molecule has 0 bridgehead atoms. The molecule has 0 radical (unpaired) electrons.